The number of hydrogen-bond acceptors (Lipinski definition) is 8. The summed E-state index contributed by atoms with van der Waals surface area (Å²) in [6, 6.07) is 11.1. The maximum Gasteiger partial charge on any atom is 0.458 e. The standard InChI is InChI=1S/C17H12F5N3O2.C15H12IN3O2/c1-25-8-23-7-14(25)13-6-11(15(26)27-2)10-4-3-9(5-12(10)24-13)16(18,19)17(20,21)22;1-19-8-17-7-14(19)13-6-11(15(20)21-2)10-4-3-9(16)5-12(10)18-13/h3-8H,1-2H3;3-8H,1-2H3. The molecule has 0 aliphatic heterocycles. The number of hydrogen-bond donors (Lipinski definition) is 0. The Kier molecular flexibility index (Phi) is 9.48. The molecule has 6 aromatic rings. The Hall–Kier alpha value is -5.00. The monoisotopic (exact) mass is 778 g/mol. The minimum Gasteiger partial charge on any atom is -0.465 e. The Morgan fingerprint density at radius 2 is 1.17 bits per heavy atom. The molecule has 2 aromatic carbocycles. The number of esters is 2. The fourth-order valence-electron chi connectivity index (χ4n) is 4.82. The predicted octanol–water partition coefficient (Wildman–Crippen LogP) is 7.10. The van der Waals surface area contributed by atoms with E-state index in [1.807, 2.05) is 29.8 Å². The number of methoxy groups -OCH3 is 2. The third kappa shape index (κ3) is 6.56. The summed E-state index contributed by atoms with van der Waals surface area (Å²) in [6.45, 7) is 0. The fraction of sp³-hybridized carbons (Fsp3) is 0.188. The lowest BCUT2D eigenvalue weighted by Gasteiger charge is -2.20. The molecule has 0 N–H and O–H groups in total. The van der Waals surface area contributed by atoms with Crippen molar-refractivity contribution in [1.82, 2.24) is 29.1 Å². The van der Waals surface area contributed by atoms with Crippen molar-refractivity contribution < 1.29 is 41.0 Å². The van der Waals surface area contributed by atoms with Crippen molar-refractivity contribution in [3.05, 3.63) is 93.8 Å². The second-order valence-corrected chi connectivity index (χ2v) is 11.6. The van der Waals surface area contributed by atoms with E-state index in [2.05, 4.69) is 47.3 Å². The van der Waals surface area contributed by atoms with Gasteiger partial charge in [0, 0.05) is 34.0 Å². The molecule has 0 radical (unpaired) electrons. The van der Waals surface area contributed by atoms with Crippen molar-refractivity contribution in [2.24, 2.45) is 14.1 Å². The molecular weight excluding hydrogens is 754 g/mol. The van der Waals surface area contributed by atoms with Crippen LogP contribution in [-0.2, 0) is 29.5 Å². The zero-order valence-electron chi connectivity index (χ0n) is 25.5. The smallest absolute Gasteiger partial charge is 0.458 e. The van der Waals surface area contributed by atoms with Crippen molar-refractivity contribution in [3.63, 3.8) is 0 Å². The van der Waals surface area contributed by atoms with E-state index in [-0.39, 0.29) is 28.1 Å². The molecule has 0 saturated carbocycles. The van der Waals surface area contributed by atoms with E-state index in [1.165, 1.54) is 25.7 Å². The third-order valence-electron chi connectivity index (χ3n) is 7.27. The Morgan fingerprint density at radius 1 is 0.708 bits per heavy atom. The molecule has 0 aliphatic carbocycles. The minimum absolute atomic E-state index is 0.0134. The number of pyridine rings is 2. The van der Waals surface area contributed by atoms with Crippen molar-refractivity contribution in [3.8, 4) is 22.8 Å². The van der Waals surface area contributed by atoms with E-state index < -0.39 is 23.6 Å². The van der Waals surface area contributed by atoms with E-state index in [0.29, 0.717) is 29.1 Å². The van der Waals surface area contributed by atoms with Crippen LogP contribution in [0, 0.1) is 3.57 Å². The Balaban J connectivity index is 0.000000194. The molecule has 248 valence electrons. The third-order valence-corrected chi connectivity index (χ3v) is 7.94. The van der Waals surface area contributed by atoms with Gasteiger partial charge in [0.2, 0.25) is 0 Å². The molecule has 10 nitrogen and oxygen atoms in total. The van der Waals surface area contributed by atoms with Gasteiger partial charge < -0.3 is 18.6 Å². The van der Waals surface area contributed by atoms with E-state index in [9.17, 15) is 31.5 Å². The molecule has 0 bridgehead atoms. The normalized spacial score (nSPS) is 11.7. The van der Waals surface area contributed by atoms with Gasteiger partial charge in [-0.25, -0.2) is 29.5 Å². The molecule has 0 atom stereocenters. The molecule has 48 heavy (non-hydrogen) atoms. The number of carbonyl (C=O) groups is 2. The first-order chi connectivity index (χ1) is 22.7. The highest BCUT2D eigenvalue weighted by Gasteiger charge is 2.58. The van der Waals surface area contributed by atoms with Gasteiger partial charge in [0.1, 0.15) is 0 Å². The Bertz CT molecular complexity index is 2180. The summed E-state index contributed by atoms with van der Waals surface area (Å²) >= 11 is 2.22. The summed E-state index contributed by atoms with van der Waals surface area (Å²) in [4.78, 5) is 40.9. The molecule has 0 unspecified atom stereocenters. The van der Waals surface area contributed by atoms with E-state index in [4.69, 9.17) is 4.74 Å². The van der Waals surface area contributed by atoms with Gasteiger partial charge in [-0.05, 0) is 52.9 Å². The second-order valence-electron chi connectivity index (χ2n) is 10.3. The molecule has 16 heteroatoms. The summed E-state index contributed by atoms with van der Waals surface area (Å²) in [6.07, 6.45) is 0.541. The molecule has 0 saturated heterocycles. The van der Waals surface area contributed by atoms with Crippen LogP contribution < -0.4 is 0 Å². The van der Waals surface area contributed by atoms with Gasteiger partial charge in [-0.1, -0.05) is 18.2 Å². The second kappa shape index (κ2) is 13.2. The number of ether oxygens (including phenoxy) is 2. The van der Waals surface area contributed by atoms with Crippen LogP contribution in [0.15, 0.2) is 73.6 Å². The maximum atomic E-state index is 13.7. The number of aromatic nitrogens is 6. The number of halogens is 6. The Morgan fingerprint density at radius 3 is 1.58 bits per heavy atom. The first-order valence-electron chi connectivity index (χ1n) is 13.8. The Labute approximate surface area is 282 Å². The topological polar surface area (TPSA) is 114 Å². The van der Waals surface area contributed by atoms with Crippen molar-refractivity contribution in [2.75, 3.05) is 14.2 Å². The van der Waals surface area contributed by atoms with Gasteiger partial charge in [-0.15, -0.1) is 0 Å². The number of aryl methyl sites for hydroxylation is 2. The maximum absolute atomic E-state index is 13.7. The SMILES string of the molecule is COC(=O)c1cc(-c2cncn2C)nc2cc(C(F)(F)C(F)(F)F)ccc12.COC(=O)c1cc(-c2cncn2C)nc2cc(I)ccc12. The number of carbonyl (C=O) groups excluding carboxylic acids is 2. The lowest BCUT2D eigenvalue weighted by molar-refractivity contribution is -0.289. The van der Waals surface area contributed by atoms with Crippen LogP contribution >= 0.6 is 22.6 Å². The number of benzene rings is 2. The molecular formula is C32H24F5IN6O4. The summed E-state index contributed by atoms with van der Waals surface area (Å²) in [5, 5.41) is 0.877. The summed E-state index contributed by atoms with van der Waals surface area (Å²) in [5.41, 5.74) is 1.95. The average Bonchev–Trinajstić information content (AvgIpc) is 3.69. The highest BCUT2D eigenvalue weighted by molar-refractivity contribution is 14.1. The lowest BCUT2D eigenvalue weighted by atomic mass is 10.0. The number of rotatable bonds is 5. The molecule has 0 aliphatic rings. The number of alkyl halides is 5. The fourth-order valence-corrected chi connectivity index (χ4v) is 5.29. The van der Waals surface area contributed by atoms with Gasteiger partial charge in [0.15, 0.2) is 0 Å². The summed E-state index contributed by atoms with van der Waals surface area (Å²) < 4.78 is 79.5. The lowest BCUT2D eigenvalue weighted by Crippen LogP contribution is -2.33. The molecule has 0 fully saturated rings. The summed E-state index contributed by atoms with van der Waals surface area (Å²) in [5.74, 6) is -6.20. The van der Waals surface area contributed by atoms with Crippen LogP contribution in [0.1, 0.15) is 26.3 Å². The molecule has 0 amide bonds. The van der Waals surface area contributed by atoms with Gasteiger partial charge in [0.05, 0.1) is 84.2 Å². The molecule has 4 heterocycles. The van der Waals surface area contributed by atoms with Crippen molar-refractivity contribution in [2.45, 2.75) is 12.1 Å². The number of imidazole rings is 2. The van der Waals surface area contributed by atoms with Crippen LogP contribution in [-0.4, -0.2) is 61.4 Å². The van der Waals surface area contributed by atoms with Crippen molar-refractivity contribution >= 4 is 56.3 Å². The first-order valence-corrected chi connectivity index (χ1v) is 14.8. The van der Waals surface area contributed by atoms with E-state index in [0.717, 1.165) is 33.3 Å². The zero-order chi connectivity index (χ0) is 35.0. The highest BCUT2D eigenvalue weighted by atomic mass is 127. The van der Waals surface area contributed by atoms with Crippen LogP contribution in [0.5, 0.6) is 0 Å². The highest BCUT2D eigenvalue weighted by Crippen LogP contribution is 2.44. The average molecular weight is 778 g/mol. The van der Waals surface area contributed by atoms with Crippen LogP contribution in [0.25, 0.3) is 44.6 Å². The minimum atomic E-state index is -5.76. The molecule has 0 spiro atoms. The van der Waals surface area contributed by atoms with Crippen LogP contribution in [0.2, 0.25) is 0 Å². The van der Waals surface area contributed by atoms with Gasteiger partial charge in [0.25, 0.3) is 0 Å². The predicted molar refractivity (Wildman–Crippen MR) is 173 cm³/mol. The van der Waals surface area contributed by atoms with Gasteiger partial charge in [-0.2, -0.15) is 22.0 Å². The largest absolute Gasteiger partial charge is 0.465 e. The number of nitrogens with zero attached hydrogens (tertiary/aromatic N) is 6. The van der Waals surface area contributed by atoms with E-state index in [1.54, 1.807) is 30.2 Å². The van der Waals surface area contributed by atoms with Crippen LogP contribution in [0.4, 0.5) is 22.0 Å². The van der Waals surface area contributed by atoms with Crippen molar-refractivity contribution in [1.29, 1.82) is 0 Å². The first kappa shape index (κ1) is 34.3. The number of fused-ring (bicyclic) bond motifs is 2. The zero-order valence-corrected chi connectivity index (χ0v) is 27.7. The molecule has 4 aromatic heterocycles. The van der Waals surface area contributed by atoms with Gasteiger partial charge in [-0.3, -0.25) is 0 Å². The molecule has 6 rings (SSSR count). The quantitative estimate of drug-likeness (QED) is 0.104. The van der Waals surface area contributed by atoms with E-state index >= 15 is 0 Å². The summed E-state index contributed by atoms with van der Waals surface area (Å²) in [7, 11) is 6.04. The van der Waals surface area contributed by atoms with Crippen LogP contribution in [0.3, 0.4) is 0 Å². The van der Waals surface area contributed by atoms with Gasteiger partial charge >= 0.3 is 24.0 Å².